The number of fused-ring (bicyclic) bond motifs is 2. The average Bonchev–Trinajstić information content (AvgIpc) is 3.45. The maximum atomic E-state index is 2.60. The van der Waals surface area contributed by atoms with E-state index in [-0.39, 0.29) is 6.71 Å². The molecule has 0 saturated carbocycles. The van der Waals surface area contributed by atoms with Crippen LogP contribution in [0.5, 0.6) is 0 Å². The lowest BCUT2D eigenvalue weighted by atomic mass is 9.39. The first-order valence-corrected chi connectivity index (χ1v) is 26.2. The summed E-state index contributed by atoms with van der Waals surface area (Å²) < 4.78 is 0. The Bertz CT molecular complexity index is 3460. The standard InChI is InChI=1S/C70H61BN2/c1-4-5-6-12-23-53-47-65(64-43-40-59(56-28-17-9-18-29-56)49-60(64)39-36-52-34-37-57(38-35-52)54-24-13-7-14-25-54)70-69(48-53)73(67-45-41-58(46-51(67)2)55-26-15-8-16-27-55)68-50-63(42-44-66(68)71(70)3)72(61-30-19-10-20-31-61)62-32-21-11-22-33-62/h7-11,13-22,24-50H,4-6,12,23H2,1-3H3/b39-36-. The Morgan fingerprint density at radius 3 is 1.58 bits per heavy atom. The molecule has 0 N–H and O–H groups in total. The van der Waals surface area contributed by atoms with E-state index in [0.29, 0.717) is 0 Å². The summed E-state index contributed by atoms with van der Waals surface area (Å²) in [6.07, 6.45) is 10.5. The van der Waals surface area contributed by atoms with Crippen LogP contribution in [-0.4, -0.2) is 6.71 Å². The molecule has 11 rings (SSSR count). The quantitative estimate of drug-likeness (QED) is 0.0574. The zero-order chi connectivity index (χ0) is 49.5. The topological polar surface area (TPSA) is 6.48 Å². The SMILES string of the molecule is CCCCCCc1cc(-c2ccc(-c3ccccc3)cc2/C=C\c2ccc(-c3ccccc3)cc2)c2c(c1)N(c1ccc(-c3ccccc3)cc1C)c1cc(N(c3ccccc3)c3ccccc3)ccc1B2C. The Morgan fingerprint density at radius 1 is 0.425 bits per heavy atom. The van der Waals surface area contributed by atoms with Crippen LogP contribution in [0, 0.1) is 6.92 Å². The summed E-state index contributed by atoms with van der Waals surface area (Å²) in [6.45, 7) is 7.10. The maximum Gasteiger partial charge on any atom is 0.212 e. The zero-order valence-corrected chi connectivity index (χ0v) is 42.3. The van der Waals surface area contributed by atoms with Crippen molar-refractivity contribution in [2.75, 3.05) is 9.80 Å². The van der Waals surface area contributed by atoms with Gasteiger partial charge in [-0.05, 0) is 153 Å². The molecule has 0 aromatic heterocycles. The van der Waals surface area contributed by atoms with Crippen LogP contribution in [0.4, 0.5) is 34.1 Å². The van der Waals surface area contributed by atoms with Gasteiger partial charge in [0.25, 0.3) is 0 Å². The highest BCUT2D eigenvalue weighted by atomic mass is 15.2. The molecule has 3 heteroatoms. The second-order valence-corrected chi connectivity index (χ2v) is 19.6. The van der Waals surface area contributed by atoms with Crippen molar-refractivity contribution in [1.29, 1.82) is 0 Å². The molecule has 1 aliphatic heterocycles. The smallest absolute Gasteiger partial charge is 0.212 e. The second-order valence-electron chi connectivity index (χ2n) is 19.6. The van der Waals surface area contributed by atoms with E-state index in [0.717, 1.165) is 29.9 Å². The largest absolute Gasteiger partial charge is 0.311 e. The third-order valence-electron chi connectivity index (χ3n) is 14.7. The van der Waals surface area contributed by atoms with Crippen molar-refractivity contribution >= 4 is 63.9 Å². The van der Waals surface area contributed by atoms with Crippen LogP contribution in [0.25, 0.3) is 56.7 Å². The van der Waals surface area contributed by atoms with Crippen molar-refractivity contribution in [2.45, 2.75) is 52.8 Å². The molecule has 0 spiro atoms. The number of anilines is 6. The first-order valence-electron chi connectivity index (χ1n) is 26.2. The molecule has 1 aliphatic rings. The monoisotopic (exact) mass is 940 g/mol. The van der Waals surface area contributed by atoms with Crippen LogP contribution in [-0.2, 0) is 6.42 Å². The Balaban J connectivity index is 1.12. The van der Waals surface area contributed by atoms with Gasteiger partial charge in [-0.25, -0.2) is 0 Å². The summed E-state index contributed by atoms with van der Waals surface area (Å²) in [7, 11) is 0. The fraction of sp³-hybridized carbons (Fsp3) is 0.114. The average molecular weight is 941 g/mol. The molecule has 0 fully saturated rings. The molecular weight excluding hydrogens is 880 g/mol. The van der Waals surface area contributed by atoms with Crippen LogP contribution in [0.15, 0.2) is 243 Å². The minimum Gasteiger partial charge on any atom is -0.311 e. The molecule has 10 aromatic rings. The molecule has 0 radical (unpaired) electrons. The summed E-state index contributed by atoms with van der Waals surface area (Å²) in [4.78, 5) is 5.00. The lowest BCUT2D eigenvalue weighted by molar-refractivity contribution is 0.667. The van der Waals surface area contributed by atoms with Crippen LogP contribution in [0.2, 0.25) is 6.82 Å². The van der Waals surface area contributed by atoms with Crippen molar-refractivity contribution in [3.63, 3.8) is 0 Å². The molecule has 2 nitrogen and oxygen atoms in total. The van der Waals surface area contributed by atoms with E-state index in [9.17, 15) is 0 Å². The predicted molar refractivity (Wildman–Crippen MR) is 316 cm³/mol. The van der Waals surface area contributed by atoms with E-state index >= 15 is 0 Å². The van der Waals surface area contributed by atoms with Crippen molar-refractivity contribution in [1.82, 2.24) is 0 Å². The van der Waals surface area contributed by atoms with E-state index in [4.69, 9.17) is 0 Å². The van der Waals surface area contributed by atoms with Crippen molar-refractivity contribution in [3.05, 3.63) is 265 Å². The van der Waals surface area contributed by atoms with Crippen molar-refractivity contribution in [2.24, 2.45) is 0 Å². The Hall–Kier alpha value is -8.40. The summed E-state index contributed by atoms with van der Waals surface area (Å²) in [5, 5.41) is 0. The molecule has 0 unspecified atom stereocenters. The van der Waals surface area contributed by atoms with Crippen LogP contribution in [0.3, 0.4) is 0 Å². The molecule has 0 aliphatic carbocycles. The van der Waals surface area contributed by atoms with Crippen molar-refractivity contribution < 1.29 is 0 Å². The zero-order valence-electron chi connectivity index (χ0n) is 42.3. The van der Waals surface area contributed by atoms with E-state index in [1.54, 1.807) is 0 Å². The van der Waals surface area contributed by atoms with Gasteiger partial charge < -0.3 is 9.80 Å². The first kappa shape index (κ1) is 47.0. The van der Waals surface area contributed by atoms with Crippen LogP contribution < -0.4 is 20.7 Å². The van der Waals surface area contributed by atoms with Gasteiger partial charge in [-0.1, -0.05) is 233 Å². The fourth-order valence-corrected chi connectivity index (χ4v) is 10.9. The molecule has 1 heterocycles. The van der Waals surface area contributed by atoms with Gasteiger partial charge >= 0.3 is 0 Å². The van der Waals surface area contributed by atoms with Gasteiger partial charge in [0.2, 0.25) is 6.71 Å². The van der Waals surface area contributed by atoms with Gasteiger partial charge in [-0.3, -0.25) is 0 Å². The fourth-order valence-electron chi connectivity index (χ4n) is 10.9. The predicted octanol–water partition coefficient (Wildman–Crippen LogP) is 18.4. The summed E-state index contributed by atoms with van der Waals surface area (Å²) in [5.74, 6) is 0. The van der Waals surface area contributed by atoms with E-state index in [1.165, 1.54) is 114 Å². The molecule has 10 aromatic carbocycles. The van der Waals surface area contributed by atoms with Gasteiger partial charge in [0.05, 0.1) is 0 Å². The lowest BCUT2D eigenvalue weighted by Gasteiger charge is -2.39. The molecule has 0 bridgehead atoms. The number of para-hydroxylation sites is 2. The number of hydrogen-bond donors (Lipinski definition) is 0. The summed E-state index contributed by atoms with van der Waals surface area (Å²) >= 11 is 0. The molecule has 0 amide bonds. The molecule has 0 saturated heterocycles. The highest BCUT2D eigenvalue weighted by Crippen LogP contribution is 2.45. The molecule has 354 valence electrons. The maximum absolute atomic E-state index is 2.60. The number of nitrogens with zero attached hydrogens (tertiary/aromatic N) is 2. The normalized spacial score (nSPS) is 11.9. The van der Waals surface area contributed by atoms with Gasteiger partial charge in [0, 0.05) is 34.1 Å². The summed E-state index contributed by atoms with van der Waals surface area (Å²) in [5.41, 5.74) is 24.4. The third-order valence-corrected chi connectivity index (χ3v) is 14.7. The van der Waals surface area contributed by atoms with Gasteiger partial charge in [-0.15, -0.1) is 0 Å². The highest BCUT2D eigenvalue weighted by molar-refractivity contribution is 6.88. The number of unbranched alkanes of at least 4 members (excludes halogenated alkanes) is 3. The number of aryl methyl sites for hydroxylation is 2. The van der Waals surface area contributed by atoms with Gasteiger partial charge in [0.15, 0.2) is 0 Å². The second kappa shape index (κ2) is 21.5. The number of benzene rings is 10. The van der Waals surface area contributed by atoms with Gasteiger partial charge in [0.1, 0.15) is 0 Å². The Morgan fingerprint density at radius 2 is 0.973 bits per heavy atom. The molecular formula is C70H61BN2. The van der Waals surface area contributed by atoms with E-state index in [2.05, 4.69) is 285 Å². The minimum atomic E-state index is 0.0846. The lowest BCUT2D eigenvalue weighted by Crippen LogP contribution is -2.49. The molecule has 73 heavy (non-hydrogen) atoms. The first-order chi connectivity index (χ1) is 36.0. The van der Waals surface area contributed by atoms with E-state index in [1.807, 2.05) is 0 Å². The molecule has 0 atom stereocenters. The minimum absolute atomic E-state index is 0.0846. The third kappa shape index (κ3) is 9.97. The summed E-state index contributed by atoms with van der Waals surface area (Å²) in [6, 6.07) is 89.2. The Kier molecular flexibility index (Phi) is 13.8. The van der Waals surface area contributed by atoms with Gasteiger partial charge in [-0.2, -0.15) is 0 Å². The number of hydrogen-bond acceptors (Lipinski definition) is 2. The Labute approximate surface area is 433 Å². The highest BCUT2D eigenvalue weighted by Gasteiger charge is 2.35. The van der Waals surface area contributed by atoms with E-state index < -0.39 is 0 Å². The van der Waals surface area contributed by atoms with Crippen molar-refractivity contribution in [3.8, 4) is 44.5 Å². The number of rotatable bonds is 15. The van der Waals surface area contributed by atoms with Crippen LogP contribution >= 0.6 is 0 Å². The van der Waals surface area contributed by atoms with Crippen LogP contribution in [0.1, 0.15) is 54.9 Å².